The van der Waals surface area contributed by atoms with Gasteiger partial charge in [0.25, 0.3) is 0 Å². The Morgan fingerprint density at radius 3 is 2.95 bits per heavy atom. The van der Waals surface area contributed by atoms with E-state index in [0.29, 0.717) is 12.1 Å². The number of ether oxygens (including phenoxy) is 1. The van der Waals surface area contributed by atoms with Crippen LogP contribution in [0.2, 0.25) is 0 Å². The Morgan fingerprint density at radius 1 is 1.25 bits per heavy atom. The molecule has 1 heterocycles. The van der Waals surface area contributed by atoms with Gasteiger partial charge in [0.2, 0.25) is 0 Å². The zero-order valence-corrected chi connectivity index (χ0v) is 13.0. The molecule has 0 bridgehead atoms. The zero-order valence-electron chi connectivity index (χ0n) is 13.0. The average molecular weight is 273 g/mol. The Labute approximate surface area is 122 Å². The van der Waals surface area contributed by atoms with E-state index < -0.39 is 0 Å². The van der Waals surface area contributed by atoms with Crippen molar-refractivity contribution in [1.82, 2.24) is 5.32 Å². The van der Waals surface area contributed by atoms with Crippen molar-refractivity contribution in [3.05, 3.63) is 29.3 Å². The molecule has 0 aromatic heterocycles. The minimum atomic E-state index is 0.316. The van der Waals surface area contributed by atoms with Crippen LogP contribution in [0.3, 0.4) is 0 Å². The van der Waals surface area contributed by atoms with E-state index in [9.17, 15) is 0 Å². The van der Waals surface area contributed by atoms with E-state index >= 15 is 0 Å². The first-order chi connectivity index (χ1) is 9.63. The van der Waals surface area contributed by atoms with Gasteiger partial charge in [-0.3, -0.25) is 0 Å². The van der Waals surface area contributed by atoms with Crippen molar-refractivity contribution in [3.63, 3.8) is 0 Å². The summed E-state index contributed by atoms with van der Waals surface area (Å²) in [6.45, 7) is 7.92. The summed E-state index contributed by atoms with van der Waals surface area (Å²) in [5.74, 6) is 2.73. The van der Waals surface area contributed by atoms with Gasteiger partial charge in [-0.1, -0.05) is 44.4 Å². The van der Waals surface area contributed by atoms with Crippen molar-refractivity contribution in [2.24, 2.45) is 11.8 Å². The lowest BCUT2D eigenvalue weighted by atomic mass is 9.78. The molecule has 1 aliphatic heterocycles. The lowest BCUT2D eigenvalue weighted by Gasteiger charge is -2.35. The molecule has 4 unspecified atom stereocenters. The third-order valence-corrected chi connectivity index (χ3v) is 5.27. The van der Waals surface area contributed by atoms with Crippen LogP contribution >= 0.6 is 0 Å². The van der Waals surface area contributed by atoms with Crippen LogP contribution in [0.15, 0.2) is 18.2 Å². The predicted molar refractivity (Wildman–Crippen MR) is 83.3 cm³/mol. The molecule has 0 spiro atoms. The molecule has 1 aromatic rings. The van der Waals surface area contributed by atoms with Crippen LogP contribution in [0.4, 0.5) is 0 Å². The zero-order chi connectivity index (χ0) is 14.1. The molecule has 0 amide bonds. The Bertz CT molecular complexity index is 470. The smallest absolute Gasteiger partial charge is 0.123 e. The molecule has 4 atom stereocenters. The summed E-state index contributed by atoms with van der Waals surface area (Å²) in [6.07, 6.45) is 5.46. The van der Waals surface area contributed by atoms with Crippen molar-refractivity contribution in [2.75, 3.05) is 6.54 Å². The third-order valence-electron chi connectivity index (χ3n) is 5.27. The highest BCUT2D eigenvalue weighted by Gasteiger charge is 2.29. The minimum Gasteiger partial charge on any atom is -0.488 e. The van der Waals surface area contributed by atoms with Gasteiger partial charge in [-0.25, -0.2) is 0 Å². The van der Waals surface area contributed by atoms with E-state index in [1.165, 1.54) is 30.4 Å². The van der Waals surface area contributed by atoms with Gasteiger partial charge in [0, 0.05) is 19.0 Å². The Hall–Kier alpha value is -1.02. The molecular weight excluding hydrogens is 246 g/mol. The first-order valence-corrected chi connectivity index (χ1v) is 8.13. The molecule has 2 heteroatoms. The normalized spacial score (nSPS) is 32.8. The van der Waals surface area contributed by atoms with Crippen LogP contribution in [-0.2, 0) is 6.42 Å². The van der Waals surface area contributed by atoms with Gasteiger partial charge < -0.3 is 10.1 Å². The fourth-order valence-electron chi connectivity index (χ4n) is 3.72. The van der Waals surface area contributed by atoms with Crippen LogP contribution in [0.25, 0.3) is 0 Å². The second-order valence-electron chi connectivity index (χ2n) is 6.84. The highest BCUT2D eigenvalue weighted by atomic mass is 16.5. The number of nitrogens with one attached hydrogen (secondary N) is 1. The summed E-state index contributed by atoms with van der Waals surface area (Å²) in [4.78, 5) is 0. The van der Waals surface area contributed by atoms with Crippen molar-refractivity contribution in [1.29, 1.82) is 0 Å². The first kappa shape index (κ1) is 13.9. The fourth-order valence-corrected chi connectivity index (χ4v) is 3.72. The molecule has 1 saturated carbocycles. The predicted octanol–water partition coefficient (Wildman–Crippen LogP) is 3.71. The molecule has 1 N–H and O–H groups in total. The van der Waals surface area contributed by atoms with Crippen LogP contribution in [0.1, 0.15) is 44.2 Å². The maximum Gasteiger partial charge on any atom is 0.123 e. The second kappa shape index (κ2) is 5.77. The molecule has 1 aromatic carbocycles. The minimum absolute atomic E-state index is 0.316. The van der Waals surface area contributed by atoms with Crippen LogP contribution in [-0.4, -0.2) is 18.7 Å². The maximum absolute atomic E-state index is 6.05. The number of rotatable bonds is 3. The van der Waals surface area contributed by atoms with Crippen LogP contribution in [0, 0.1) is 18.8 Å². The monoisotopic (exact) mass is 273 g/mol. The van der Waals surface area contributed by atoms with E-state index in [2.05, 4.69) is 44.3 Å². The molecular formula is C18H27NO. The molecule has 2 aliphatic rings. The summed E-state index contributed by atoms with van der Waals surface area (Å²) in [6, 6.07) is 7.20. The molecule has 20 heavy (non-hydrogen) atoms. The van der Waals surface area contributed by atoms with E-state index in [0.717, 1.165) is 30.6 Å². The quantitative estimate of drug-likeness (QED) is 0.906. The first-order valence-electron chi connectivity index (χ1n) is 8.13. The van der Waals surface area contributed by atoms with Gasteiger partial charge in [-0.2, -0.15) is 0 Å². The number of benzene rings is 1. The van der Waals surface area contributed by atoms with Gasteiger partial charge in [-0.15, -0.1) is 0 Å². The second-order valence-corrected chi connectivity index (χ2v) is 6.84. The molecule has 1 fully saturated rings. The Kier molecular flexibility index (Phi) is 4.02. The van der Waals surface area contributed by atoms with Crippen LogP contribution < -0.4 is 10.1 Å². The van der Waals surface area contributed by atoms with E-state index in [1.807, 2.05) is 0 Å². The number of hydrogen-bond acceptors (Lipinski definition) is 2. The lowest BCUT2D eigenvalue weighted by Crippen LogP contribution is -2.44. The van der Waals surface area contributed by atoms with Crippen molar-refractivity contribution in [2.45, 2.75) is 58.6 Å². The highest BCUT2D eigenvalue weighted by Crippen LogP contribution is 2.31. The summed E-state index contributed by atoms with van der Waals surface area (Å²) in [5, 5.41) is 3.77. The van der Waals surface area contributed by atoms with Gasteiger partial charge in [0.15, 0.2) is 0 Å². The lowest BCUT2D eigenvalue weighted by molar-refractivity contribution is 0.173. The topological polar surface area (TPSA) is 21.3 Å². The molecule has 3 rings (SSSR count). The van der Waals surface area contributed by atoms with Crippen molar-refractivity contribution >= 4 is 0 Å². The van der Waals surface area contributed by atoms with Gasteiger partial charge in [0.05, 0.1) is 0 Å². The number of aryl methyl sites for hydroxylation is 1. The SMILES string of the molecule is Cc1ccc2c(c1)CC(CNC1CCCC(C)C1C)O2. The number of hydrogen-bond donors (Lipinski definition) is 1. The van der Waals surface area contributed by atoms with E-state index in [-0.39, 0.29) is 0 Å². The molecule has 1 aliphatic carbocycles. The molecule has 110 valence electrons. The third kappa shape index (κ3) is 2.85. The highest BCUT2D eigenvalue weighted by molar-refractivity contribution is 5.40. The fraction of sp³-hybridized carbons (Fsp3) is 0.667. The van der Waals surface area contributed by atoms with E-state index in [1.54, 1.807) is 0 Å². The summed E-state index contributed by atoms with van der Waals surface area (Å²) in [7, 11) is 0. The Morgan fingerprint density at radius 2 is 2.10 bits per heavy atom. The molecule has 0 saturated heterocycles. The van der Waals surface area contributed by atoms with Gasteiger partial charge >= 0.3 is 0 Å². The molecule has 2 nitrogen and oxygen atoms in total. The molecule has 0 radical (unpaired) electrons. The summed E-state index contributed by atoms with van der Waals surface area (Å²) < 4.78 is 6.05. The van der Waals surface area contributed by atoms with Gasteiger partial charge in [0.1, 0.15) is 11.9 Å². The number of fused-ring (bicyclic) bond motifs is 1. The average Bonchev–Trinajstić information content (AvgIpc) is 2.82. The van der Waals surface area contributed by atoms with Crippen LogP contribution in [0.5, 0.6) is 5.75 Å². The standard InChI is InChI=1S/C18H27NO/c1-12-7-8-18-15(9-12)10-16(20-18)11-19-17-6-4-5-13(2)14(17)3/h7-9,13-14,16-17,19H,4-6,10-11H2,1-3H3. The van der Waals surface area contributed by atoms with E-state index in [4.69, 9.17) is 4.74 Å². The summed E-state index contributed by atoms with van der Waals surface area (Å²) in [5.41, 5.74) is 2.71. The van der Waals surface area contributed by atoms with Crippen molar-refractivity contribution in [3.8, 4) is 5.75 Å². The summed E-state index contributed by atoms with van der Waals surface area (Å²) >= 11 is 0. The Balaban J connectivity index is 1.53. The van der Waals surface area contributed by atoms with Gasteiger partial charge in [-0.05, 0) is 36.8 Å². The van der Waals surface area contributed by atoms with Crippen molar-refractivity contribution < 1.29 is 4.74 Å². The maximum atomic E-state index is 6.05. The largest absolute Gasteiger partial charge is 0.488 e.